The topological polar surface area (TPSA) is 35.5 Å². The lowest BCUT2D eigenvalue weighted by atomic mass is 9.98. The van der Waals surface area contributed by atoms with Crippen molar-refractivity contribution >= 4 is 109 Å². The maximum atomic E-state index is 7.76. The van der Waals surface area contributed by atoms with E-state index < -0.39 is 24.4 Å². The van der Waals surface area contributed by atoms with E-state index >= 15 is 0 Å². The van der Waals surface area contributed by atoms with Gasteiger partial charge in [-0.2, -0.15) is 0 Å². The first-order valence-electron chi connectivity index (χ1n) is 23.1. The van der Waals surface area contributed by atoms with Crippen molar-refractivity contribution in [1.82, 2.24) is 0 Å². The first kappa shape index (κ1) is 41.5. The van der Waals surface area contributed by atoms with Gasteiger partial charge in [-0.1, -0.05) is 261 Å². The van der Waals surface area contributed by atoms with Gasteiger partial charge in [0.15, 0.2) is 16.1 Å². The highest BCUT2D eigenvalue weighted by Gasteiger charge is 2.46. The summed E-state index contributed by atoms with van der Waals surface area (Å²) in [6.45, 7) is 0. The predicted octanol–water partition coefficient (Wildman–Crippen LogP) is 11.2. The van der Waals surface area contributed by atoms with Crippen LogP contribution >= 0.6 is 8.24 Å². The van der Waals surface area contributed by atoms with Crippen LogP contribution in [0.1, 0.15) is 0 Å². The van der Waals surface area contributed by atoms with Crippen LogP contribution in [-0.4, -0.2) is 16.1 Å². The molecule has 68 heavy (non-hydrogen) atoms. The van der Waals surface area contributed by atoms with Crippen molar-refractivity contribution in [3.8, 4) is 5.75 Å². The molecule has 0 N–H and O–H groups in total. The molecule has 0 spiro atoms. The molecule has 0 unspecified atom stereocenters. The molecule has 0 saturated heterocycles. The third-order valence-electron chi connectivity index (χ3n) is 13.6. The van der Waals surface area contributed by atoms with E-state index in [0.29, 0.717) is 5.75 Å². The average molecular weight is 925 g/mol. The van der Waals surface area contributed by atoms with Crippen molar-refractivity contribution in [1.29, 1.82) is 0 Å². The van der Waals surface area contributed by atoms with Crippen LogP contribution in [0.3, 0.4) is 0 Å². The summed E-state index contributed by atoms with van der Waals surface area (Å²) in [5, 5.41) is 16.2. The fraction of sp³-hybridized carbons (Fsp3) is 0. The highest BCUT2D eigenvalue weighted by Crippen LogP contribution is 2.42. The zero-order valence-electron chi connectivity index (χ0n) is 37.2. The van der Waals surface area contributed by atoms with E-state index in [-0.39, 0.29) is 0 Å². The maximum absolute atomic E-state index is 7.76. The first-order chi connectivity index (χ1) is 33.7. The zero-order chi connectivity index (χ0) is 45.3. The molecule has 0 fully saturated rings. The van der Waals surface area contributed by atoms with Crippen molar-refractivity contribution < 1.29 is 12.9 Å². The SMILES string of the molecule is c1ccc(Op2oc3c([Si](c4ccccc4)(c4ccccc4)c4ccccc4)cc4ccccc4c3c3c(o2)c([Si](c2ccccc2)(c2ccccc2)c2ccccc2)cc2ccccc23)cc1. The first-order valence-corrected chi connectivity index (χ1v) is 28.2. The minimum Gasteiger partial charge on any atom is -0.391 e. The molecule has 11 aromatic carbocycles. The van der Waals surface area contributed by atoms with Crippen molar-refractivity contribution in [3.05, 3.63) is 273 Å². The molecule has 324 valence electrons. The number of benzene rings is 11. The van der Waals surface area contributed by atoms with Gasteiger partial charge in [0, 0.05) is 10.8 Å². The predicted molar refractivity (Wildman–Crippen MR) is 291 cm³/mol. The third kappa shape index (κ3) is 6.86. The van der Waals surface area contributed by atoms with Crippen LogP contribution in [0.4, 0.5) is 0 Å². The molecule has 0 saturated carbocycles. The largest absolute Gasteiger partial charge is 0.453 e. The van der Waals surface area contributed by atoms with Gasteiger partial charge in [0.2, 0.25) is 0 Å². The molecule has 0 atom stereocenters. The summed E-state index contributed by atoms with van der Waals surface area (Å²) in [6.07, 6.45) is 0. The van der Waals surface area contributed by atoms with Gasteiger partial charge >= 0.3 is 8.24 Å². The molecule has 12 aromatic rings. The van der Waals surface area contributed by atoms with Crippen LogP contribution in [-0.2, 0) is 0 Å². The second-order valence-corrected chi connectivity index (χ2v) is 25.7. The Kier molecular flexibility index (Phi) is 10.8. The van der Waals surface area contributed by atoms with Gasteiger partial charge in [-0.3, -0.25) is 0 Å². The molecular weight excluding hydrogens is 880 g/mol. The van der Waals surface area contributed by atoms with Crippen LogP contribution in [0.5, 0.6) is 5.75 Å². The highest BCUT2D eigenvalue weighted by molar-refractivity contribution is 7.32. The van der Waals surface area contributed by atoms with Gasteiger partial charge in [-0.25, -0.2) is 0 Å². The van der Waals surface area contributed by atoms with Gasteiger partial charge in [-0.05, 0) is 75.2 Å². The Balaban J connectivity index is 1.38. The Morgan fingerprint density at radius 1 is 0.294 bits per heavy atom. The standard InChI is InChI=1S/C62H45O3PSi2/c1-8-28-48(29-9-1)63-66-64-61-57(67(49-30-10-2-11-31-49,50-32-12-3-13-33-50)51-34-14-4-15-35-51)44-46-26-22-24-42-55(46)59(61)60-56-43-25-23-27-47(56)45-58(62(60)65-66)68(52-36-16-5-17-37-52,53-38-18-6-19-39-53)54-40-20-7-21-41-54/h1-45H. The molecule has 0 aliphatic heterocycles. The van der Waals surface area contributed by atoms with Crippen molar-refractivity contribution in [2.24, 2.45) is 0 Å². The Morgan fingerprint density at radius 2 is 0.559 bits per heavy atom. The van der Waals surface area contributed by atoms with E-state index in [1.807, 2.05) is 30.3 Å². The monoisotopic (exact) mass is 924 g/mol. The Labute approximate surface area is 398 Å². The molecule has 3 nitrogen and oxygen atoms in total. The van der Waals surface area contributed by atoms with E-state index in [4.69, 9.17) is 12.9 Å². The lowest BCUT2D eigenvalue weighted by molar-refractivity contribution is 0.499. The van der Waals surface area contributed by atoms with Crippen LogP contribution in [0.2, 0.25) is 0 Å². The fourth-order valence-corrected chi connectivity index (χ4v) is 21.8. The number of para-hydroxylation sites is 1. The molecule has 0 amide bonds. The molecule has 12 rings (SSSR count). The summed E-state index contributed by atoms with van der Waals surface area (Å²) in [5.41, 5.74) is 1.56. The quantitative estimate of drug-likeness (QED) is 0.101. The Bertz CT molecular complexity index is 3320. The van der Waals surface area contributed by atoms with Gasteiger partial charge in [0.25, 0.3) is 0 Å². The minimum atomic E-state index is -3.25. The number of hydrogen-bond donors (Lipinski definition) is 0. The van der Waals surface area contributed by atoms with Crippen molar-refractivity contribution in [3.63, 3.8) is 0 Å². The van der Waals surface area contributed by atoms with E-state index in [1.165, 1.54) is 31.1 Å². The van der Waals surface area contributed by atoms with Crippen LogP contribution in [0.25, 0.3) is 43.5 Å². The van der Waals surface area contributed by atoms with E-state index in [1.54, 1.807) is 0 Å². The zero-order valence-corrected chi connectivity index (χ0v) is 40.0. The van der Waals surface area contributed by atoms with Crippen LogP contribution in [0.15, 0.2) is 281 Å². The number of rotatable bonds is 10. The van der Waals surface area contributed by atoms with Crippen LogP contribution < -0.4 is 46.0 Å². The number of fused-ring (bicyclic) bond motifs is 7. The fourth-order valence-electron chi connectivity index (χ4n) is 10.7. The lowest BCUT2D eigenvalue weighted by Gasteiger charge is -2.35. The Morgan fingerprint density at radius 3 is 0.868 bits per heavy atom. The third-order valence-corrected chi connectivity index (χ3v) is 24.1. The number of hydrogen-bond acceptors (Lipinski definition) is 3. The summed E-state index contributed by atoms with van der Waals surface area (Å²) < 4.78 is 22.6. The lowest BCUT2D eigenvalue weighted by Crippen LogP contribution is -2.75. The molecule has 6 heteroatoms. The van der Waals surface area contributed by atoms with E-state index in [0.717, 1.165) is 53.9 Å². The summed E-state index contributed by atoms with van der Waals surface area (Å²) in [7, 11) is -8.66. The normalized spacial score (nSPS) is 11.8. The van der Waals surface area contributed by atoms with Crippen LogP contribution in [0, 0.1) is 0 Å². The summed E-state index contributed by atoms with van der Waals surface area (Å²) >= 11 is 0. The molecule has 0 aliphatic carbocycles. The maximum Gasteiger partial charge on any atom is 0.453 e. The summed E-state index contributed by atoms with van der Waals surface area (Å²) in [6, 6.07) is 99.0. The molecule has 1 heterocycles. The van der Waals surface area contributed by atoms with Gasteiger partial charge in [0.1, 0.15) is 16.9 Å². The van der Waals surface area contributed by atoms with Gasteiger partial charge < -0.3 is 12.9 Å². The molecule has 0 bridgehead atoms. The average Bonchev–Trinajstić information content (AvgIpc) is 3.59. The minimum absolute atomic E-state index is 0.670. The molecule has 0 radical (unpaired) electrons. The van der Waals surface area contributed by atoms with E-state index in [9.17, 15) is 0 Å². The summed E-state index contributed by atoms with van der Waals surface area (Å²) in [4.78, 5) is 0. The van der Waals surface area contributed by atoms with Gasteiger partial charge in [-0.15, -0.1) is 0 Å². The molecule has 0 aliphatic rings. The second kappa shape index (κ2) is 17.7. The van der Waals surface area contributed by atoms with Crippen molar-refractivity contribution in [2.75, 3.05) is 0 Å². The van der Waals surface area contributed by atoms with Gasteiger partial charge in [0.05, 0.1) is 0 Å². The molecule has 1 aromatic heterocycles. The molecular formula is C62H45O3PSi2. The van der Waals surface area contributed by atoms with E-state index in [2.05, 4.69) is 243 Å². The van der Waals surface area contributed by atoms with Crippen molar-refractivity contribution in [2.45, 2.75) is 0 Å². The Hall–Kier alpha value is -7.93. The second-order valence-electron chi connectivity index (χ2n) is 17.2. The summed E-state index contributed by atoms with van der Waals surface area (Å²) in [5.74, 6) is 0.670. The smallest absolute Gasteiger partial charge is 0.391 e. The highest BCUT2D eigenvalue weighted by atomic mass is 31.1.